The van der Waals surface area contributed by atoms with Gasteiger partial charge in [0, 0.05) is 25.3 Å². The molecule has 1 amide bonds. The summed E-state index contributed by atoms with van der Waals surface area (Å²) in [6.07, 6.45) is 2.20. The normalized spacial score (nSPS) is 17.1. The number of rotatable bonds is 6. The second-order valence-electron chi connectivity index (χ2n) is 9.78. The van der Waals surface area contributed by atoms with E-state index in [1.54, 1.807) is 19.2 Å². The molecule has 9 nitrogen and oxygen atoms in total. The maximum atomic E-state index is 13.3. The highest BCUT2D eigenvalue weighted by atomic mass is 32.2. The summed E-state index contributed by atoms with van der Waals surface area (Å²) in [6, 6.07) is 11.5. The van der Waals surface area contributed by atoms with Crippen LogP contribution in [0.5, 0.6) is 5.75 Å². The first-order valence-corrected chi connectivity index (χ1v) is 13.1. The van der Waals surface area contributed by atoms with E-state index in [1.807, 2.05) is 34.7 Å². The molecular weight excluding hydrogens is 480 g/mol. The Labute approximate surface area is 212 Å². The van der Waals surface area contributed by atoms with Crippen molar-refractivity contribution in [3.05, 3.63) is 70.1 Å². The summed E-state index contributed by atoms with van der Waals surface area (Å²) < 4.78 is 33.2. The molecule has 1 saturated heterocycles. The quantitative estimate of drug-likeness (QED) is 0.516. The number of aromatic amines is 1. The number of aryl methyl sites for hydroxylation is 1. The summed E-state index contributed by atoms with van der Waals surface area (Å²) in [5.74, 6) is 0.597. The van der Waals surface area contributed by atoms with Crippen LogP contribution in [0.1, 0.15) is 44.5 Å². The van der Waals surface area contributed by atoms with Crippen molar-refractivity contribution in [1.82, 2.24) is 14.7 Å². The van der Waals surface area contributed by atoms with Gasteiger partial charge in [-0.2, -0.15) is 0 Å². The lowest BCUT2D eigenvalue weighted by atomic mass is 9.97. The van der Waals surface area contributed by atoms with Crippen LogP contribution in [0, 0.1) is 12.8 Å². The molecule has 1 fully saturated rings. The first-order chi connectivity index (χ1) is 16.9. The lowest BCUT2D eigenvalue weighted by Gasteiger charge is -2.34. The molecule has 2 N–H and O–H groups in total. The molecule has 0 radical (unpaired) electrons. The Balaban J connectivity index is 0.00000380. The number of anilines is 1. The topological polar surface area (TPSA) is 121 Å². The van der Waals surface area contributed by atoms with Crippen molar-refractivity contribution < 1.29 is 19.4 Å². The molecule has 1 aliphatic heterocycles. The molecule has 0 unspecified atom stereocenters. The van der Waals surface area contributed by atoms with Crippen molar-refractivity contribution in [3.63, 3.8) is 0 Å². The van der Waals surface area contributed by atoms with E-state index in [1.165, 1.54) is 12.3 Å². The van der Waals surface area contributed by atoms with Crippen molar-refractivity contribution in [2.45, 2.75) is 44.6 Å². The third-order valence-corrected chi connectivity index (χ3v) is 7.81. The molecule has 1 aromatic carbocycles. The highest BCUT2D eigenvalue weighted by molar-refractivity contribution is 7.90. The van der Waals surface area contributed by atoms with Gasteiger partial charge in [0.15, 0.2) is 4.90 Å². The van der Waals surface area contributed by atoms with Crippen LogP contribution in [0.4, 0.5) is 5.82 Å². The SMILES string of the molecule is COc1cc(-c2ccc(C(=O)NS(=O)(=O)c3ccc[nH]c3=O)c(N3C[C@@H](C)CC3(C)C)n2)ccc1C.[HH]. The van der Waals surface area contributed by atoms with Crippen molar-refractivity contribution >= 4 is 21.7 Å². The minimum atomic E-state index is -4.40. The second-order valence-corrected chi connectivity index (χ2v) is 11.4. The predicted molar refractivity (Wildman–Crippen MR) is 140 cm³/mol. The summed E-state index contributed by atoms with van der Waals surface area (Å²) in [5, 5.41) is 0. The van der Waals surface area contributed by atoms with Gasteiger partial charge in [-0.15, -0.1) is 0 Å². The van der Waals surface area contributed by atoms with Crippen molar-refractivity contribution in [2.24, 2.45) is 5.92 Å². The minimum absolute atomic E-state index is 0. The third kappa shape index (κ3) is 4.86. The maximum absolute atomic E-state index is 13.3. The summed E-state index contributed by atoms with van der Waals surface area (Å²) in [7, 11) is -2.80. The second kappa shape index (κ2) is 9.42. The van der Waals surface area contributed by atoms with E-state index in [9.17, 15) is 18.0 Å². The molecule has 10 heteroatoms. The van der Waals surface area contributed by atoms with E-state index < -0.39 is 26.4 Å². The Morgan fingerprint density at radius 1 is 1.25 bits per heavy atom. The van der Waals surface area contributed by atoms with Crippen LogP contribution in [0.3, 0.4) is 0 Å². The monoisotopic (exact) mass is 512 g/mol. The van der Waals surface area contributed by atoms with Gasteiger partial charge in [0.1, 0.15) is 11.6 Å². The molecule has 2 aromatic heterocycles. The lowest BCUT2D eigenvalue weighted by Crippen LogP contribution is -2.41. The van der Waals surface area contributed by atoms with Gasteiger partial charge in [-0.1, -0.05) is 19.1 Å². The van der Waals surface area contributed by atoms with E-state index in [-0.39, 0.29) is 12.5 Å². The zero-order chi connectivity index (χ0) is 26.3. The van der Waals surface area contributed by atoms with Crippen LogP contribution >= 0.6 is 0 Å². The first-order valence-electron chi connectivity index (χ1n) is 11.6. The number of ether oxygens (including phenoxy) is 1. The number of carbonyl (C=O) groups excluding carboxylic acids is 1. The molecular formula is C26H32N4O5S. The molecule has 0 spiro atoms. The van der Waals surface area contributed by atoms with Gasteiger partial charge in [-0.25, -0.2) is 18.1 Å². The fourth-order valence-corrected chi connectivity index (χ4v) is 5.81. The largest absolute Gasteiger partial charge is 0.496 e. The number of H-pyrrole nitrogens is 1. The number of hydrogen-bond donors (Lipinski definition) is 2. The predicted octanol–water partition coefficient (Wildman–Crippen LogP) is 3.74. The molecule has 1 aliphatic rings. The lowest BCUT2D eigenvalue weighted by molar-refractivity contribution is 0.0981. The van der Waals surface area contributed by atoms with Crippen molar-refractivity contribution in [1.29, 1.82) is 0 Å². The fourth-order valence-electron chi connectivity index (χ4n) is 4.78. The van der Waals surface area contributed by atoms with Crippen LogP contribution in [0.2, 0.25) is 0 Å². The molecule has 192 valence electrons. The molecule has 36 heavy (non-hydrogen) atoms. The Morgan fingerprint density at radius 2 is 2.00 bits per heavy atom. The van der Waals surface area contributed by atoms with Gasteiger partial charge in [0.05, 0.1) is 18.4 Å². The summed E-state index contributed by atoms with van der Waals surface area (Å²) >= 11 is 0. The number of methoxy groups -OCH3 is 1. The van der Waals surface area contributed by atoms with E-state index in [4.69, 9.17) is 9.72 Å². The highest BCUT2D eigenvalue weighted by Crippen LogP contribution is 2.38. The van der Waals surface area contributed by atoms with E-state index in [2.05, 4.69) is 25.8 Å². The first kappa shape index (κ1) is 25.4. The van der Waals surface area contributed by atoms with Gasteiger partial charge in [-0.05, 0) is 69.0 Å². The van der Waals surface area contributed by atoms with Crippen LogP contribution in [0.25, 0.3) is 11.3 Å². The Bertz CT molecular complexity index is 1490. The van der Waals surface area contributed by atoms with Gasteiger partial charge in [-0.3, -0.25) is 9.59 Å². The number of aromatic nitrogens is 2. The van der Waals surface area contributed by atoms with Crippen molar-refractivity contribution in [2.75, 3.05) is 18.6 Å². The van der Waals surface area contributed by atoms with Crippen LogP contribution in [-0.4, -0.2) is 43.5 Å². The standard InChI is InChI=1S/C26H30N4O5S.H2/c1-16-14-26(3,4)30(15-16)23-19(24(31)29-36(33,34)22-7-6-12-27-25(22)32)10-11-20(28-23)18-9-8-17(2)21(13-18)35-5;/h6-13,16H,14-15H2,1-5H3,(H,27,32)(H,29,31);1H/t16-;/m0./s1. The zero-order valence-corrected chi connectivity index (χ0v) is 21.8. The van der Waals surface area contributed by atoms with E-state index in [0.717, 1.165) is 23.6 Å². The summed E-state index contributed by atoms with van der Waals surface area (Å²) in [6.45, 7) is 8.87. The number of sulfonamides is 1. The number of nitrogens with one attached hydrogen (secondary N) is 2. The molecule has 1 atom stereocenters. The summed E-state index contributed by atoms with van der Waals surface area (Å²) in [4.78, 5) is 34.0. The Kier molecular flexibility index (Phi) is 6.66. The molecule has 3 heterocycles. The Hall–Kier alpha value is -3.66. The number of carbonyl (C=O) groups is 1. The maximum Gasteiger partial charge on any atom is 0.269 e. The van der Waals surface area contributed by atoms with Crippen LogP contribution in [0.15, 0.2) is 58.4 Å². The molecule has 0 bridgehead atoms. The van der Waals surface area contributed by atoms with E-state index in [0.29, 0.717) is 29.7 Å². The van der Waals surface area contributed by atoms with E-state index >= 15 is 0 Å². The fraction of sp³-hybridized carbons (Fsp3) is 0.346. The number of hydrogen-bond acceptors (Lipinski definition) is 7. The number of pyridine rings is 2. The smallest absolute Gasteiger partial charge is 0.269 e. The summed E-state index contributed by atoms with van der Waals surface area (Å²) in [5.41, 5.74) is 1.40. The molecule has 0 aliphatic carbocycles. The van der Waals surface area contributed by atoms with Gasteiger partial charge < -0.3 is 14.6 Å². The average Bonchev–Trinajstić information content (AvgIpc) is 3.10. The molecule has 4 rings (SSSR count). The van der Waals surface area contributed by atoms with Crippen LogP contribution < -0.4 is 19.9 Å². The average molecular weight is 513 g/mol. The highest BCUT2D eigenvalue weighted by Gasteiger charge is 2.39. The molecule has 0 saturated carbocycles. The minimum Gasteiger partial charge on any atom is -0.496 e. The number of benzene rings is 1. The van der Waals surface area contributed by atoms with Crippen LogP contribution in [-0.2, 0) is 10.0 Å². The van der Waals surface area contributed by atoms with Crippen molar-refractivity contribution in [3.8, 4) is 17.0 Å². The number of nitrogens with zero attached hydrogens (tertiary/aromatic N) is 2. The molecule has 3 aromatic rings. The van der Waals surface area contributed by atoms with Gasteiger partial charge in [0.25, 0.3) is 21.5 Å². The van der Waals surface area contributed by atoms with Gasteiger partial charge >= 0.3 is 0 Å². The van der Waals surface area contributed by atoms with Gasteiger partial charge in [0.2, 0.25) is 0 Å². The zero-order valence-electron chi connectivity index (χ0n) is 21.0. The number of amides is 1. The third-order valence-electron chi connectivity index (χ3n) is 6.45. The Morgan fingerprint density at radius 3 is 2.64 bits per heavy atom.